The largest absolute Gasteiger partial charge is 0.354 e. The highest BCUT2D eigenvalue weighted by molar-refractivity contribution is 5.81. The molecule has 6 heteroatoms. The van der Waals surface area contributed by atoms with E-state index in [2.05, 4.69) is 15.4 Å². The standard InChI is InChI=1S/C9H17N5O/c1-3-7(10)9(15)11-5-4-8-12-6-14(2)13-8/h6-7H,3-5,10H2,1-2H3,(H,11,15)/t7-/m0/s1. The number of aryl methyl sites for hydroxylation is 1. The molecule has 6 nitrogen and oxygen atoms in total. The van der Waals surface area contributed by atoms with Crippen LogP contribution in [0.2, 0.25) is 0 Å². The monoisotopic (exact) mass is 211 g/mol. The van der Waals surface area contributed by atoms with Crippen LogP contribution in [0.15, 0.2) is 6.33 Å². The Morgan fingerprint density at radius 2 is 2.47 bits per heavy atom. The Hall–Kier alpha value is -1.43. The number of hydrogen-bond donors (Lipinski definition) is 2. The summed E-state index contributed by atoms with van der Waals surface area (Å²) in [7, 11) is 1.81. The van der Waals surface area contributed by atoms with Gasteiger partial charge in [0.2, 0.25) is 5.91 Å². The number of nitrogens with zero attached hydrogens (tertiary/aromatic N) is 3. The maximum atomic E-state index is 11.3. The molecule has 0 aromatic carbocycles. The fourth-order valence-corrected chi connectivity index (χ4v) is 1.11. The van der Waals surface area contributed by atoms with Gasteiger partial charge < -0.3 is 11.1 Å². The quantitative estimate of drug-likeness (QED) is 0.668. The van der Waals surface area contributed by atoms with Gasteiger partial charge in [-0.15, -0.1) is 0 Å². The van der Waals surface area contributed by atoms with Crippen molar-refractivity contribution in [1.29, 1.82) is 0 Å². The Bertz CT molecular complexity index is 322. The lowest BCUT2D eigenvalue weighted by molar-refractivity contribution is -0.122. The Labute approximate surface area is 88.9 Å². The van der Waals surface area contributed by atoms with Crippen molar-refractivity contribution in [2.24, 2.45) is 12.8 Å². The molecule has 0 fully saturated rings. The van der Waals surface area contributed by atoms with Crippen molar-refractivity contribution in [3.63, 3.8) is 0 Å². The van der Waals surface area contributed by atoms with Crippen molar-refractivity contribution in [1.82, 2.24) is 20.1 Å². The summed E-state index contributed by atoms with van der Waals surface area (Å²) in [6.45, 7) is 2.40. The molecule has 0 spiro atoms. The van der Waals surface area contributed by atoms with Crippen molar-refractivity contribution < 1.29 is 4.79 Å². The van der Waals surface area contributed by atoms with Crippen molar-refractivity contribution in [2.75, 3.05) is 6.54 Å². The topological polar surface area (TPSA) is 85.8 Å². The molecule has 0 unspecified atom stereocenters. The van der Waals surface area contributed by atoms with Gasteiger partial charge in [-0.3, -0.25) is 9.48 Å². The summed E-state index contributed by atoms with van der Waals surface area (Å²) in [5.41, 5.74) is 5.55. The number of nitrogens with two attached hydrogens (primary N) is 1. The Morgan fingerprint density at radius 3 is 3.00 bits per heavy atom. The highest BCUT2D eigenvalue weighted by Gasteiger charge is 2.09. The lowest BCUT2D eigenvalue weighted by atomic mass is 10.2. The minimum Gasteiger partial charge on any atom is -0.354 e. The number of amides is 1. The summed E-state index contributed by atoms with van der Waals surface area (Å²) in [6, 6.07) is -0.415. The Kier molecular flexibility index (Phi) is 4.23. The van der Waals surface area contributed by atoms with E-state index in [1.807, 2.05) is 14.0 Å². The molecule has 1 rings (SSSR count). The molecule has 0 aliphatic carbocycles. The smallest absolute Gasteiger partial charge is 0.236 e. The maximum Gasteiger partial charge on any atom is 0.236 e. The first-order valence-corrected chi connectivity index (χ1v) is 5.01. The van der Waals surface area contributed by atoms with Crippen LogP contribution in [-0.2, 0) is 18.3 Å². The molecule has 3 N–H and O–H groups in total. The molecule has 1 heterocycles. The zero-order valence-electron chi connectivity index (χ0n) is 9.10. The van der Waals surface area contributed by atoms with Crippen LogP contribution in [0.3, 0.4) is 0 Å². The summed E-state index contributed by atoms with van der Waals surface area (Å²) in [5.74, 6) is 0.608. The van der Waals surface area contributed by atoms with Crippen LogP contribution in [-0.4, -0.2) is 33.3 Å². The van der Waals surface area contributed by atoms with Crippen LogP contribution in [0.1, 0.15) is 19.2 Å². The number of carbonyl (C=O) groups excluding carboxylic acids is 1. The average molecular weight is 211 g/mol. The van der Waals surface area contributed by atoms with Crippen molar-refractivity contribution in [3.05, 3.63) is 12.2 Å². The van der Waals surface area contributed by atoms with Gasteiger partial charge in [0.1, 0.15) is 6.33 Å². The zero-order valence-corrected chi connectivity index (χ0v) is 9.10. The fourth-order valence-electron chi connectivity index (χ4n) is 1.11. The minimum atomic E-state index is -0.415. The molecular formula is C9H17N5O. The molecule has 84 valence electrons. The van der Waals surface area contributed by atoms with E-state index in [-0.39, 0.29) is 5.91 Å². The van der Waals surface area contributed by atoms with Crippen LogP contribution in [0.25, 0.3) is 0 Å². The Balaban J connectivity index is 2.24. The predicted octanol–water partition coefficient (Wildman–Crippen LogP) is -0.789. The van der Waals surface area contributed by atoms with Gasteiger partial charge in [0, 0.05) is 20.0 Å². The van der Waals surface area contributed by atoms with E-state index >= 15 is 0 Å². The summed E-state index contributed by atoms with van der Waals surface area (Å²) in [4.78, 5) is 15.3. The molecule has 1 aromatic rings. The van der Waals surface area contributed by atoms with Gasteiger partial charge in [0.05, 0.1) is 6.04 Å². The van der Waals surface area contributed by atoms with E-state index in [0.29, 0.717) is 19.4 Å². The van der Waals surface area contributed by atoms with Gasteiger partial charge in [-0.1, -0.05) is 6.92 Å². The van der Waals surface area contributed by atoms with E-state index in [4.69, 9.17) is 5.73 Å². The van der Waals surface area contributed by atoms with Crippen molar-refractivity contribution >= 4 is 5.91 Å². The summed E-state index contributed by atoms with van der Waals surface area (Å²) >= 11 is 0. The van der Waals surface area contributed by atoms with E-state index < -0.39 is 6.04 Å². The van der Waals surface area contributed by atoms with Gasteiger partial charge in [-0.2, -0.15) is 5.10 Å². The van der Waals surface area contributed by atoms with E-state index in [9.17, 15) is 4.79 Å². The summed E-state index contributed by atoms with van der Waals surface area (Å²) < 4.78 is 1.63. The molecule has 0 saturated heterocycles. The van der Waals surface area contributed by atoms with Gasteiger partial charge in [0.15, 0.2) is 5.82 Å². The fraction of sp³-hybridized carbons (Fsp3) is 0.667. The van der Waals surface area contributed by atoms with Crippen LogP contribution < -0.4 is 11.1 Å². The first kappa shape index (κ1) is 11.6. The molecule has 0 aliphatic rings. The predicted molar refractivity (Wildman–Crippen MR) is 56.0 cm³/mol. The second-order valence-corrected chi connectivity index (χ2v) is 3.39. The van der Waals surface area contributed by atoms with Crippen LogP contribution in [0, 0.1) is 0 Å². The number of aromatic nitrogens is 3. The molecular weight excluding hydrogens is 194 g/mol. The molecule has 0 radical (unpaired) electrons. The van der Waals surface area contributed by atoms with E-state index in [1.54, 1.807) is 11.0 Å². The second-order valence-electron chi connectivity index (χ2n) is 3.39. The maximum absolute atomic E-state index is 11.3. The molecule has 0 saturated carbocycles. The SMILES string of the molecule is CC[C@H](N)C(=O)NCCc1ncn(C)n1. The van der Waals surface area contributed by atoms with E-state index in [1.165, 1.54) is 0 Å². The second kappa shape index (κ2) is 5.45. The number of rotatable bonds is 5. The third kappa shape index (κ3) is 3.67. The van der Waals surface area contributed by atoms with Gasteiger partial charge >= 0.3 is 0 Å². The lowest BCUT2D eigenvalue weighted by Gasteiger charge is -2.08. The lowest BCUT2D eigenvalue weighted by Crippen LogP contribution is -2.40. The van der Waals surface area contributed by atoms with Crippen LogP contribution in [0.5, 0.6) is 0 Å². The van der Waals surface area contributed by atoms with E-state index in [0.717, 1.165) is 5.82 Å². The molecule has 1 aromatic heterocycles. The molecule has 0 bridgehead atoms. The molecule has 1 amide bonds. The summed E-state index contributed by atoms with van der Waals surface area (Å²) in [5, 5.41) is 6.83. The summed E-state index contributed by atoms with van der Waals surface area (Å²) in [6.07, 6.45) is 2.91. The first-order chi connectivity index (χ1) is 7.13. The molecule has 1 atom stereocenters. The highest BCUT2D eigenvalue weighted by Crippen LogP contribution is 1.89. The first-order valence-electron chi connectivity index (χ1n) is 5.01. The zero-order chi connectivity index (χ0) is 11.3. The van der Waals surface area contributed by atoms with Gasteiger partial charge in [-0.25, -0.2) is 4.98 Å². The third-order valence-electron chi connectivity index (χ3n) is 2.07. The molecule has 0 aliphatic heterocycles. The minimum absolute atomic E-state index is 0.117. The van der Waals surface area contributed by atoms with Gasteiger partial charge in [-0.05, 0) is 6.42 Å². The van der Waals surface area contributed by atoms with Crippen LogP contribution in [0.4, 0.5) is 0 Å². The third-order valence-corrected chi connectivity index (χ3v) is 2.07. The number of nitrogens with one attached hydrogen (secondary N) is 1. The Morgan fingerprint density at radius 1 is 1.73 bits per heavy atom. The van der Waals surface area contributed by atoms with Gasteiger partial charge in [0.25, 0.3) is 0 Å². The normalized spacial score (nSPS) is 12.5. The highest BCUT2D eigenvalue weighted by atomic mass is 16.2. The van der Waals surface area contributed by atoms with Crippen LogP contribution >= 0.6 is 0 Å². The van der Waals surface area contributed by atoms with Crippen molar-refractivity contribution in [2.45, 2.75) is 25.8 Å². The number of carbonyl (C=O) groups is 1. The average Bonchev–Trinajstić information content (AvgIpc) is 2.63. The van der Waals surface area contributed by atoms with Crippen molar-refractivity contribution in [3.8, 4) is 0 Å². The molecule has 15 heavy (non-hydrogen) atoms. The number of hydrogen-bond acceptors (Lipinski definition) is 4.